The van der Waals surface area contributed by atoms with Crippen molar-refractivity contribution in [2.75, 3.05) is 13.7 Å². The van der Waals surface area contributed by atoms with Crippen LogP contribution >= 0.6 is 11.6 Å². The smallest absolute Gasteiger partial charge is 0.124 e. The van der Waals surface area contributed by atoms with Crippen LogP contribution in [0.2, 0.25) is 5.02 Å². The molecule has 3 heteroatoms. The molecule has 0 unspecified atom stereocenters. The third kappa shape index (κ3) is 1.39. The number of nitrogens with two attached hydrogens (primary N) is 1. The van der Waals surface area contributed by atoms with Crippen molar-refractivity contribution in [3.63, 3.8) is 0 Å². The molecule has 0 amide bonds. The van der Waals surface area contributed by atoms with Crippen molar-refractivity contribution in [3.8, 4) is 5.75 Å². The molecule has 1 fully saturated rings. The zero-order chi connectivity index (χ0) is 10.2. The van der Waals surface area contributed by atoms with Gasteiger partial charge in [-0.05, 0) is 25.0 Å². The van der Waals surface area contributed by atoms with Gasteiger partial charge >= 0.3 is 0 Å². The molecule has 2 rings (SSSR count). The molecule has 1 aromatic carbocycles. The van der Waals surface area contributed by atoms with Crippen LogP contribution in [-0.4, -0.2) is 13.7 Å². The minimum atomic E-state index is 0.0870. The second-order valence-electron chi connectivity index (χ2n) is 3.80. The second-order valence-corrected chi connectivity index (χ2v) is 4.21. The summed E-state index contributed by atoms with van der Waals surface area (Å²) in [5.74, 6) is 0.862. The molecule has 0 atom stereocenters. The van der Waals surface area contributed by atoms with E-state index in [0.717, 1.165) is 29.2 Å². The molecule has 0 radical (unpaired) electrons. The molecule has 0 aromatic heterocycles. The summed E-state index contributed by atoms with van der Waals surface area (Å²) in [5, 5.41) is 0.771. The highest BCUT2D eigenvalue weighted by molar-refractivity contribution is 6.31. The van der Waals surface area contributed by atoms with Crippen molar-refractivity contribution in [3.05, 3.63) is 28.8 Å². The van der Waals surface area contributed by atoms with Crippen LogP contribution in [0.1, 0.15) is 18.4 Å². The molecule has 76 valence electrons. The standard InChI is InChI=1S/C11H14ClNO/c1-14-9-4-2-3-8(12)10(9)11(7-13)5-6-11/h2-4H,5-7,13H2,1H3. The van der Waals surface area contributed by atoms with Gasteiger partial charge in [-0.3, -0.25) is 0 Å². The van der Waals surface area contributed by atoms with Gasteiger partial charge in [0.2, 0.25) is 0 Å². The Bertz CT molecular complexity index is 347. The Kier molecular flexibility index (Phi) is 2.41. The summed E-state index contributed by atoms with van der Waals surface area (Å²) in [7, 11) is 1.67. The summed E-state index contributed by atoms with van der Waals surface area (Å²) >= 11 is 6.18. The van der Waals surface area contributed by atoms with E-state index in [-0.39, 0.29) is 5.41 Å². The molecule has 1 aliphatic carbocycles. The normalized spacial score (nSPS) is 17.9. The third-order valence-corrected chi connectivity index (χ3v) is 3.28. The predicted molar refractivity (Wildman–Crippen MR) is 58.0 cm³/mol. The lowest BCUT2D eigenvalue weighted by molar-refractivity contribution is 0.404. The van der Waals surface area contributed by atoms with Gasteiger partial charge in [0.1, 0.15) is 5.75 Å². The molecule has 0 heterocycles. The van der Waals surface area contributed by atoms with Crippen LogP contribution in [0.4, 0.5) is 0 Å². The van der Waals surface area contributed by atoms with Crippen LogP contribution < -0.4 is 10.5 Å². The minimum absolute atomic E-state index is 0.0870. The highest BCUT2D eigenvalue weighted by atomic mass is 35.5. The zero-order valence-corrected chi connectivity index (χ0v) is 8.97. The second kappa shape index (κ2) is 3.44. The van der Waals surface area contributed by atoms with E-state index in [1.165, 1.54) is 0 Å². The van der Waals surface area contributed by atoms with E-state index in [0.29, 0.717) is 6.54 Å². The average Bonchev–Trinajstić information content (AvgIpc) is 2.98. The Morgan fingerprint density at radius 3 is 2.71 bits per heavy atom. The van der Waals surface area contributed by atoms with E-state index < -0.39 is 0 Å². The first-order valence-electron chi connectivity index (χ1n) is 4.76. The van der Waals surface area contributed by atoms with Crippen LogP contribution in [0.3, 0.4) is 0 Å². The van der Waals surface area contributed by atoms with Gasteiger partial charge in [-0.25, -0.2) is 0 Å². The molecule has 0 aliphatic heterocycles. The summed E-state index contributed by atoms with van der Waals surface area (Å²) in [6.45, 7) is 0.646. The van der Waals surface area contributed by atoms with Crippen molar-refractivity contribution in [1.29, 1.82) is 0 Å². The minimum Gasteiger partial charge on any atom is -0.496 e. The molecule has 0 bridgehead atoms. The summed E-state index contributed by atoms with van der Waals surface area (Å²) in [4.78, 5) is 0. The number of hydrogen-bond donors (Lipinski definition) is 1. The fourth-order valence-corrected chi connectivity index (χ4v) is 2.26. The van der Waals surface area contributed by atoms with Crippen molar-refractivity contribution in [2.45, 2.75) is 18.3 Å². The molecule has 1 saturated carbocycles. The molecular formula is C11H14ClNO. The Morgan fingerprint density at radius 1 is 1.50 bits per heavy atom. The fraction of sp³-hybridized carbons (Fsp3) is 0.455. The first-order chi connectivity index (χ1) is 6.73. The van der Waals surface area contributed by atoms with E-state index in [4.69, 9.17) is 22.1 Å². The zero-order valence-electron chi connectivity index (χ0n) is 8.22. The van der Waals surface area contributed by atoms with E-state index in [2.05, 4.69) is 0 Å². The van der Waals surface area contributed by atoms with Gasteiger partial charge in [0.25, 0.3) is 0 Å². The molecule has 14 heavy (non-hydrogen) atoms. The van der Waals surface area contributed by atoms with Crippen LogP contribution in [0.25, 0.3) is 0 Å². The van der Waals surface area contributed by atoms with E-state index in [9.17, 15) is 0 Å². The predicted octanol–water partition coefficient (Wildman–Crippen LogP) is 2.34. The fourth-order valence-electron chi connectivity index (χ4n) is 1.90. The van der Waals surface area contributed by atoms with E-state index >= 15 is 0 Å². The van der Waals surface area contributed by atoms with Crippen molar-refractivity contribution >= 4 is 11.6 Å². The topological polar surface area (TPSA) is 35.2 Å². The lowest BCUT2D eigenvalue weighted by Gasteiger charge is -2.18. The van der Waals surface area contributed by atoms with Gasteiger partial charge in [-0.1, -0.05) is 17.7 Å². The number of methoxy groups -OCH3 is 1. The van der Waals surface area contributed by atoms with Crippen molar-refractivity contribution in [1.82, 2.24) is 0 Å². The summed E-state index contributed by atoms with van der Waals surface area (Å²) in [6.07, 6.45) is 2.23. The molecule has 1 aliphatic rings. The van der Waals surface area contributed by atoms with Gasteiger partial charge in [-0.2, -0.15) is 0 Å². The Labute approximate surface area is 89.0 Å². The van der Waals surface area contributed by atoms with Gasteiger partial charge in [0.15, 0.2) is 0 Å². The molecular weight excluding hydrogens is 198 g/mol. The Morgan fingerprint density at radius 2 is 2.21 bits per heavy atom. The van der Waals surface area contributed by atoms with Gasteiger partial charge in [0, 0.05) is 22.5 Å². The van der Waals surface area contributed by atoms with E-state index in [1.54, 1.807) is 7.11 Å². The first-order valence-corrected chi connectivity index (χ1v) is 5.14. The maximum atomic E-state index is 6.18. The largest absolute Gasteiger partial charge is 0.496 e. The maximum Gasteiger partial charge on any atom is 0.124 e. The number of rotatable bonds is 3. The SMILES string of the molecule is COc1cccc(Cl)c1C1(CN)CC1. The lowest BCUT2D eigenvalue weighted by Crippen LogP contribution is -2.20. The van der Waals surface area contributed by atoms with Crippen LogP contribution in [-0.2, 0) is 5.41 Å². The van der Waals surface area contributed by atoms with Crippen LogP contribution in [0.5, 0.6) is 5.75 Å². The lowest BCUT2D eigenvalue weighted by atomic mass is 9.95. The Hall–Kier alpha value is -0.730. The molecule has 2 nitrogen and oxygen atoms in total. The summed E-state index contributed by atoms with van der Waals surface area (Å²) in [6, 6.07) is 5.74. The maximum absolute atomic E-state index is 6.18. The van der Waals surface area contributed by atoms with Crippen molar-refractivity contribution in [2.24, 2.45) is 5.73 Å². The number of ether oxygens (including phenoxy) is 1. The van der Waals surface area contributed by atoms with Gasteiger partial charge in [0.05, 0.1) is 7.11 Å². The summed E-state index contributed by atoms with van der Waals surface area (Å²) in [5.41, 5.74) is 6.96. The third-order valence-electron chi connectivity index (χ3n) is 2.97. The average molecular weight is 212 g/mol. The molecule has 0 saturated heterocycles. The number of benzene rings is 1. The van der Waals surface area contributed by atoms with Crippen LogP contribution in [0, 0.1) is 0 Å². The monoisotopic (exact) mass is 211 g/mol. The van der Waals surface area contributed by atoms with Crippen LogP contribution in [0.15, 0.2) is 18.2 Å². The first kappa shape index (κ1) is 9.81. The Balaban J connectivity index is 2.50. The molecule has 0 spiro atoms. The molecule has 2 N–H and O–H groups in total. The van der Waals surface area contributed by atoms with Gasteiger partial charge < -0.3 is 10.5 Å². The molecule has 1 aromatic rings. The van der Waals surface area contributed by atoms with Crippen molar-refractivity contribution < 1.29 is 4.74 Å². The number of hydrogen-bond acceptors (Lipinski definition) is 2. The quantitative estimate of drug-likeness (QED) is 0.833. The van der Waals surface area contributed by atoms with E-state index in [1.807, 2.05) is 18.2 Å². The van der Waals surface area contributed by atoms with Gasteiger partial charge in [-0.15, -0.1) is 0 Å². The highest BCUT2D eigenvalue weighted by Crippen LogP contribution is 2.52. The highest BCUT2D eigenvalue weighted by Gasteiger charge is 2.46. The summed E-state index contributed by atoms with van der Waals surface area (Å²) < 4.78 is 5.31. The number of halogens is 1.